The molecule has 4 aromatic rings. The summed E-state index contributed by atoms with van der Waals surface area (Å²) in [5, 5.41) is 19.4. The van der Waals surface area contributed by atoms with Crippen LogP contribution in [0.3, 0.4) is 0 Å². The predicted molar refractivity (Wildman–Crippen MR) is 136 cm³/mol. The van der Waals surface area contributed by atoms with Gasteiger partial charge in [-0.2, -0.15) is 5.26 Å². The van der Waals surface area contributed by atoms with Gasteiger partial charge in [-0.3, -0.25) is 4.57 Å². The van der Waals surface area contributed by atoms with Gasteiger partial charge in [-0.05, 0) is 42.0 Å². The number of rotatable bonds is 6. The summed E-state index contributed by atoms with van der Waals surface area (Å²) in [4.78, 5) is 0. The lowest BCUT2D eigenvalue weighted by atomic mass is 9.87. The smallest absolute Gasteiger partial charge is 0.197 e. The van der Waals surface area contributed by atoms with Crippen LogP contribution < -0.4 is 0 Å². The molecule has 5 heteroatoms. The van der Waals surface area contributed by atoms with E-state index in [1.165, 1.54) is 22.9 Å². The zero-order valence-electron chi connectivity index (χ0n) is 19.5. The van der Waals surface area contributed by atoms with Gasteiger partial charge in [0.1, 0.15) is 5.25 Å². The molecule has 0 bridgehead atoms. The van der Waals surface area contributed by atoms with Crippen molar-refractivity contribution < 1.29 is 0 Å². The van der Waals surface area contributed by atoms with E-state index in [0.717, 1.165) is 27.8 Å². The standard InChI is InChI=1S/C28H28N4S/c1-20-10-12-21(13-11-20)18-25(19-29)33-27-31-30-26(32(27)24-8-6-5-7-9-24)22-14-16-23(17-15-22)28(2,3)4/h5-17,25H,18H2,1-4H3. The maximum absolute atomic E-state index is 9.87. The van der Waals surface area contributed by atoms with Gasteiger partial charge in [-0.15, -0.1) is 10.2 Å². The Bertz CT molecular complexity index is 1240. The Hall–Kier alpha value is -3.36. The third kappa shape index (κ3) is 5.35. The van der Waals surface area contributed by atoms with Crippen LogP contribution in [0.15, 0.2) is 84.0 Å². The molecule has 0 N–H and O–H groups in total. The van der Waals surface area contributed by atoms with Crippen LogP contribution in [0.2, 0.25) is 0 Å². The largest absolute Gasteiger partial charge is 0.270 e. The van der Waals surface area contributed by atoms with Crippen LogP contribution in [0.25, 0.3) is 17.1 Å². The zero-order chi connectivity index (χ0) is 23.4. The first-order valence-corrected chi connectivity index (χ1v) is 12.0. The Balaban J connectivity index is 1.69. The van der Waals surface area contributed by atoms with Crippen LogP contribution in [0.4, 0.5) is 0 Å². The lowest BCUT2D eigenvalue weighted by Crippen LogP contribution is -2.10. The third-order valence-corrected chi connectivity index (χ3v) is 6.62. The molecule has 0 aliphatic heterocycles. The van der Waals surface area contributed by atoms with E-state index < -0.39 is 0 Å². The van der Waals surface area contributed by atoms with Crippen molar-refractivity contribution in [3.05, 3.63) is 95.6 Å². The molecule has 1 heterocycles. The van der Waals surface area contributed by atoms with Crippen LogP contribution in [-0.4, -0.2) is 20.0 Å². The Morgan fingerprint density at radius 2 is 1.58 bits per heavy atom. The van der Waals surface area contributed by atoms with Crippen LogP contribution in [-0.2, 0) is 11.8 Å². The molecule has 0 amide bonds. The molecule has 0 radical (unpaired) electrons. The predicted octanol–water partition coefficient (Wildman–Crippen LogP) is 6.77. The van der Waals surface area contributed by atoms with Gasteiger partial charge in [-0.1, -0.05) is 105 Å². The summed E-state index contributed by atoms with van der Waals surface area (Å²) in [6.07, 6.45) is 0.651. The Morgan fingerprint density at radius 1 is 0.909 bits per heavy atom. The van der Waals surface area contributed by atoms with Crippen molar-refractivity contribution in [2.75, 3.05) is 0 Å². The lowest BCUT2D eigenvalue weighted by Gasteiger charge is -2.19. The van der Waals surface area contributed by atoms with Crippen LogP contribution in [0.5, 0.6) is 0 Å². The highest BCUT2D eigenvalue weighted by molar-refractivity contribution is 8.00. The van der Waals surface area contributed by atoms with Crippen LogP contribution >= 0.6 is 11.8 Å². The first-order chi connectivity index (χ1) is 15.8. The normalized spacial score (nSPS) is 12.3. The van der Waals surface area contributed by atoms with Crippen molar-refractivity contribution >= 4 is 11.8 Å². The quantitative estimate of drug-likeness (QED) is 0.303. The summed E-state index contributed by atoms with van der Waals surface area (Å²) in [5.74, 6) is 0.774. The van der Waals surface area contributed by atoms with Crippen molar-refractivity contribution in [2.24, 2.45) is 0 Å². The maximum atomic E-state index is 9.87. The van der Waals surface area contributed by atoms with Gasteiger partial charge in [-0.25, -0.2) is 0 Å². The highest BCUT2D eigenvalue weighted by Gasteiger charge is 2.21. The second-order valence-electron chi connectivity index (χ2n) is 9.23. The molecule has 1 atom stereocenters. The van der Waals surface area contributed by atoms with E-state index in [1.807, 2.05) is 30.3 Å². The number of hydrogen-bond acceptors (Lipinski definition) is 4. The van der Waals surface area contributed by atoms with Gasteiger partial charge in [0, 0.05) is 11.3 Å². The van der Waals surface area contributed by atoms with Gasteiger partial charge in [0.25, 0.3) is 0 Å². The van der Waals surface area contributed by atoms with Crippen molar-refractivity contribution in [1.29, 1.82) is 5.26 Å². The highest BCUT2D eigenvalue weighted by Crippen LogP contribution is 2.32. The molecule has 1 aromatic heterocycles. The molecule has 0 saturated carbocycles. The lowest BCUT2D eigenvalue weighted by molar-refractivity contribution is 0.590. The van der Waals surface area contributed by atoms with Crippen molar-refractivity contribution in [3.8, 4) is 23.1 Å². The molecule has 0 aliphatic carbocycles. The van der Waals surface area contributed by atoms with Crippen LogP contribution in [0.1, 0.15) is 37.5 Å². The first kappa shape index (κ1) is 22.8. The van der Waals surface area contributed by atoms with Gasteiger partial charge < -0.3 is 0 Å². The number of para-hydroxylation sites is 1. The monoisotopic (exact) mass is 452 g/mol. The molecule has 0 spiro atoms. The Labute approximate surface area is 200 Å². The molecule has 0 aliphatic rings. The average molecular weight is 453 g/mol. The molecule has 0 saturated heterocycles. The number of thioether (sulfide) groups is 1. The van der Waals surface area contributed by atoms with E-state index in [-0.39, 0.29) is 10.7 Å². The summed E-state index contributed by atoms with van der Waals surface area (Å²) >= 11 is 1.46. The average Bonchev–Trinajstić information content (AvgIpc) is 3.23. The van der Waals surface area contributed by atoms with E-state index in [1.54, 1.807) is 0 Å². The molecular weight excluding hydrogens is 424 g/mol. The van der Waals surface area contributed by atoms with E-state index in [2.05, 4.69) is 97.1 Å². The zero-order valence-corrected chi connectivity index (χ0v) is 20.3. The number of hydrogen-bond donors (Lipinski definition) is 0. The van der Waals surface area contributed by atoms with E-state index in [0.29, 0.717) is 6.42 Å². The van der Waals surface area contributed by atoms with E-state index in [4.69, 9.17) is 0 Å². The maximum Gasteiger partial charge on any atom is 0.197 e. The Morgan fingerprint density at radius 3 is 2.18 bits per heavy atom. The van der Waals surface area contributed by atoms with Gasteiger partial charge in [0.2, 0.25) is 0 Å². The molecule has 4 nitrogen and oxygen atoms in total. The number of benzene rings is 3. The number of nitriles is 1. The minimum Gasteiger partial charge on any atom is -0.270 e. The van der Waals surface area contributed by atoms with Crippen molar-refractivity contribution in [1.82, 2.24) is 14.8 Å². The second kappa shape index (κ2) is 9.64. The summed E-state index contributed by atoms with van der Waals surface area (Å²) < 4.78 is 2.05. The number of nitrogens with zero attached hydrogens (tertiary/aromatic N) is 4. The first-order valence-electron chi connectivity index (χ1n) is 11.1. The highest BCUT2D eigenvalue weighted by atomic mass is 32.2. The second-order valence-corrected chi connectivity index (χ2v) is 10.4. The fourth-order valence-corrected chi connectivity index (χ4v) is 4.61. The summed E-state index contributed by atoms with van der Waals surface area (Å²) in [7, 11) is 0. The fourth-order valence-electron chi connectivity index (χ4n) is 3.64. The summed E-state index contributed by atoms with van der Waals surface area (Å²) in [6, 6.07) is 29.4. The SMILES string of the molecule is Cc1ccc(CC(C#N)Sc2nnc(-c3ccc(C(C)(C)C)cc3)n2-c2ccccc2)cc1. The van der Waals surface area contributed by atoms with Crippen LogP contribution in [0, 0.1) is 18.3 Å². The summed E-state index contributed by atoms with van der Waals surface area (Å²) in [5.41, 5.74) is 5.69. The summed E-state index contributed by atoms with van der Waals surface area (Å²) in [6.45, 7) is 8.69. The van der Waals surface area contributed by atoms with Gasteiger partial charge in [0.15, 0.2) is 11.0 Å². The van der Waals surface area contributed by atoms with Gasteiger partial charge in [0.05, 0.1) is 6.07 Å². The molecule has 1 unspecified atom stereocenters. The molecule has 4 rings (SSSR count). The van der Waals surface area contributed by atoms with E-state index >= 15 is 0 Å². The van der Waals surface area contributed by atoms with Crippen molar-refractivity contribution in [2.45, 2.75) is 49.9 Å². The molecule has 3 aromatic carbocycles. The van der Waals surface area contributed by atoms with E-state index in [9.17, 15) is 5.26 Å². The van der Waals surface area contributed by atoms with Crippen molar-refractivity contribution in [3.63, 3.8) is 0 Å². The fraction of sp³-hybridized carbons (Fsp3) is 0.250. The molecule has 166 valence electrons. The molecular formula is C28H28N4S. The minimum atomic E-state index is -0.268. The minimum absolute atomic E-state index is 0.0860. The van der Waals surface area contributed by atoms with Gasteiger partial charge >= 0.3 is 0 Å². The molecule has 0 fully saturated rings. The Kier molecular flexibility index (Phi) is 6.67. The third-order valence-electron chi connectivity index (χ3n) is 5.59. The molecule has 33 heavy (non-hydrogen) atoms. The topological polar surface area (TPSA) is 54.5 Å². The number of aromatic nitrogens is 3. The number of aryl methyl sites for hydroxylation is 1.